The van der Waals surface area contributed by atoms with Crippen LogP contribution in [0.1, 0.15) is 6.92 Å². The van der Waals surface area contributed by atoms with E-state index in [0.717, 1.165) is 0 Å². The summed E-state index contributed by atoms with van der Waals surface area (Å²) in [5.74, 6) is 1.33. The van der Waals surface area contributed by atoms with Crippen molar-refractivity contribution < 1.29 is 17.0 Å². The molecule has 0 aromatic heterocycles. The molecule has 40 valence electrons. The average Bonchev–Trinajstić information content (AvgIpc) is 1.38. The summed E-state index contributed by atoms with van der Waals surface area (Å²) < 4.78 is 0. The van der Waals surface area contributed by atoms with Gasteiger partial charge in [-0.2, -0.15) is 0 Å². The molecule has 0 unspecified atom stereocenters. The Labute approximate surface area is 53.4 Å². The van der Waals surface area contributed by atoms with E-state index in [4.69, 9.17) is 0 Å². The van der Waals surface area contributed by atoms with Crippen molar-refractivity contribution in [1.82, 2.24) is 0 Å². The summed E-state index contributed by atoms with van der Waals surface area (Å²) in [4.78, 5) is 0. The number of rotatable bonds is 1. The topological polar surface area (TPSA) is 0 Å². The van der Waals surface area contributed by atoms with E-state index in [9.17, 15) is 0 Å². The van der Waals surface area contributed by atoms with Crippen molar-refractivity contribution in [2.24, 2.45) is 0 Å². The molecule has 0 nitrogen and oxygen atoms in total. The molecule has 0 aromatic rings. The third-order valence-electron chi connectivity index (χ3n) is 0.577. The molecule has 0 radical (unpaired) electrons. The first-order chi connectivity index (χ1) is 2.27. The molecule has 0 aromatic carbocycles. The van der Waals surface area contributed by atoms with Crippen molar-refractivity contribution >= 4 is 10.9 Å². The Morgan fingerprint density at radius 3 is 1.50 bits per heavy atom. The van der Waals surface area contributed by atoms with Gasteiger partial charge < -0.3 is 17.0 Å². The summed E-state index contributed by atoms with van der Waals surface area (Å²) >= 11 is 0. The van der Waals surface area contributed by atoms with Gasteiger partial charge in [0.1, 0.15) is 5.75 Å². The summed E-state index contributed by atoms with van der Waals surface area (Å²) in [6.07, 6.45) is 4.50. The van der Waals surface area contributed by atoms with Crippen LogP contribution in [0, 0.1) is 0 Å². The molecule has 0 saturated carbocycles. The second-order valence-electron chi connectivity index (χ2n) is 1.27. The molecular weight excluding hydrogens is 160 g/mol. The van der Waals surface area contributed by atoms with Crippen LogP contribution in [-0.2, 0) is 10.9 Å². The van der Waals surface area contributed by atoms with Crippen LogP contribution in [0.2, 0.25) is 0 Å². The van der Waals surface area contributed by atoms with E-state index >= 15 is 0 Å². The maximum atomic E-state index is 2.25. The minimum Gasteiger partial charge on any atom is -1.00 e. The third kappa shape index (κ3) is 8.85. The Morgan fingerprint density at radius 2 is 1.50 bits per heavy atom. The lowest BCUT2D eigenvalue weighted by Gasteiger charge is -1.81. The van der Waals surface area contributed by atoms with Crippen LogP contribution in [0.4, 0.5) is 0 Å². The van der Waals surface area contributed by atoms with Gasteiger partial charge in [-0.05, 0) is 17.8 Å². The van der Waals surface area contributed by atoms with Crippen molar-refractivity contribution in [2.75, 3.05) is 18.3 Å². The van der Waals surface area contributed by atoms with Crippen molar-refractivity contribution in [2.45, 2.75) is 6.92 Å². The maximum absolute atomic E-state index is 2.25. The van der Waals surface area contributed by atoms with Gasteiger partial charge in [-0.1, -0.05) is 0 Å². The van der Waals surface area contributed by atoms with Gasteiger partial charge in [0.15, 0.2) is 0 Å². The fourth-order valence-corrected chi connectivity index (χ4v) is 0. The summed E-state index contributed by atoms with van der Waals surface area (Å²) in [5, 5.41) is 0. The summed E-state index contributed by atoms with van der Waals surface area (Å²) in [5.41, 5.74) is 0. The van der Waals surface area contributed by atoms with Crippen LogP contribution in [0.25, 0.3) is 0 Å². The zero-order valence-electron chi connectivity index (χ0n) is 4.49. The zero-order valence-corrected chi connectivity index (χ0v) is 6.90. The smallest absolute Gasteiger partial charge is 0.104 e. The highest BCUT2D eigenvalue weighted by molar-refractivity contribution is 7.95. The van der Waals surface area contributed by atoms with Gasteiger partial charge >= 0.3 is 0 Å². The molecule has 0 N–H and O–H groups in total. The van der Waals surface area contributed by atoms with Gasteiger partial charge in [-0.25, -0.2) is 0 Å². The Bertz CT molecular complexity index is 21.5. The third-order valence-corrected chi connectivity index (χ3v) is 1.73. The fourth-order valence-electron chi connectivity index (χ4n) is 0. The van der Waals surface area contributed by atoms with E-state index < -0.39 is 0 Å². The minimum absolute atomic E-state index is 0. The van der Waals surface area contributed by atoms with Crippen LogP contribution >= 0.6 is 0 Å². The van der Waals surface area contributed by atoms with Crippen LogP contribution in [0.3, 0.4) is 0 Å². The van der Waals surface area contributed by atoms with E-state index in [2.05, 4.69) is 19.4 Å². The second kappa shape index (κ2) is 5.83. The number of halogens is 1. The van der Waals surface area contributed by atoms with Crippen LogP contribution in [0.15, 0.2) is 0 Å². The van der Waals surface area contributed by atoms with Crippen LogP contribution in [0.5, 0.6) is 0 Å². The Balaban J connectivity index is 0. The zero-order chi connectivity index (χ0) is 4.28. The normalized spacial score (nSPS) is 8.00. The van der Waals surface area contributed by atoms with Crippen molar-refractivity contribution in [3.8, 4) is 0 Å². The highest BCUT2D eigenvalue weighted by atomic mass is 79.9. The monoisotopic (exact) mass is 170 g/mol. The van der Waals surface area contributed by atoms with E-state index in [-0.39, 0.29) is 17.0 Å². The van der Waals surface area contributed by atoms with E-state index in [1.54, 1.807) is 0 Å². The first kappa shape index (κ1) is 9.95. The Kier molecular flexibility index (Phi) is 9.67. The van der Waals surface area contributed by atoms with Crippen LogP contribution in [-0.4, -0.2) is 18.3 Å². The average molecular weight is 171 g/mol. The van der Waals surface area contributed by atoms with Gasteiger partial charge in [0.2, 0.25) is 0 Å². The molecule has 0 amide bonds. The van der Waals surface area contributed by atoms with Gasteiger partial charge in [0, 0.05) is 0 Å². The predicted molar refractivity (Wildman–Crippen MR) is 29.8 cm³/mol. The lowest BCUT2D eigenvalue weighted by Crippen LogP contribution is -3.00. The molecule has 0 aliphatic rings. The number of hydrogen-bond acceptors (Lipinski definition) is 0. The van der Waals surface area contributed by atoms with Crippen LogP contribution < -0.4 is 17.0 Å². The maximum Gasteiger partial charge on any atom is 0.104 e. The first-order valence-corrected chi connectivity index (χ1v) is 4.02. The molecule has 0 atom stereocenters. The van der Waals surface area contributed by atoms with Gasteiger partial charge in [-0.15, -0.1) is 0 Å². The highest BCUT2D eigenvalue weighted by Crippen LogP contribution is 1.76. The predicted octanol–water partition coefficient (Wildman–Crippen LogP) is -2.11. The molecule has 2 heteroatoms. The second-order valence-corrected chi connectivity index (χ2v) is 3.82. The molecule has 0 rings (SSSR count). The summed E-state index contributed by atoms with van der Waals surface area (Å²) in [7, 11) is 0.677. The molecule has 0 saturated heterocycles. The Hall–Kier alpha value is 0.830. The molecule has 6 heavy (non-hydrogen) atoms. The molecule has 0 spiro atoms. The summed E-state index contributed by atoms with van der Waals surface area (Å²) in [6, 6.07) is 0. The fraction of sp³-hybridized carbons (Fsp3) is 1.00. The SMILES string of the molecule is CC[S+](C)C.[Br-]. The van der Waals surface area contributed by atoms with Crippen molar-refractivity contribution in [3.63, 3.8) is 0 Å². The van der Waals surface area contributed by atoms with E-state index in [1.165, 1.54) is 5.75 Å². The number of hydrogen-bond donors (Lipinski definition) is 0. The Morgan fingerprint density at radius 1 is 1.33 bits per heavy atom. The lowest BCUT2D eigenvalue weighted by atomic mass is 11.0. The quantitative estimate of drug-likeness (QED) is 0.396. The molecular formula is C4H11BrS. The van der Waals surface area contributed by atoms with Gasteiger partial charge in [0.25, 0.3) is 0 Å². The standard InChI is InChI=1S/C4H11S.BrH/c1-4-5(2)3;/h4H2,1-3H3;1H/q+1;/p-1. The van der Waals surface area contributed by atoms with Gasteiger partial charge in [-0.3, -0.25) is 0 Å². The summed E-state index contributed by atoms with van der Waals surface area (Å²) in [6.45, 7) is 2.21. The lowest BCUT2D eigenvalue weighted by molar-refractivity contribution is -0.00000128. The molecule has 0 fully saturated rings. The minimum atomic E-state index is 0. The molecule has 0 heterocycles. The first-order valence-electron chi connectivity index (χ1n) is 1.81. The van der Waals surface area contributed by atoms with Crippen molar-refractivity contribution in [1.29, 1.82) is 0 Å². The van der Waals surface area contributed by atoms with Gasteiger partial charge in [0.05, 0.1) is 12.5 Å². The largest absolute Gasteiger partial charge is 1.00 e. The molecule has 0 bridgehead atoms. The molecule has 0 aliphatic carbocycles. The molecule has 0 aliphatic heterocycles. The highest BCUT2D eigenvalue weighted by Gasteiger charge is 1.89. The van der Waals surface area contributed by atoms with E-state index in [1.807, 2.05) is 0 Å². The van der Waals surface area contributed by atoms with Crippen molar-refractivity contribution in [3.05, 3.63) is 0 Å². The van der Waals surface area contributed by atoms with E-state index in [0.29, 0.717) is 10.9 Å².